The molecule has 3 amide bonds. The molecule has 1 aromatic heterocycles. The molecule has 1 aromatic carbocycles. The summed E-state index contributed by atoms with van der Waals surface area (Å²) in [6.07, 6.45) is 6.25. The predicted molar refractivity (Wildman–Crippen MR) is 131 cm³/mol. The summed E-state index contributed by atoms with van der Waals surface area (Å²) in [7, 11) is 1.46. The topological polar surface area (TPSA) is 66.0 Å². The van der Waals surface area contributed by atoms with Gasteiger partial charge in [-0.05, 0) is 60.9 Å². The van der Waals surface area contributed by atoms with Crippen LogP contribution in [-0.4, -0.2) is 70.4 Å². The molecule has 2 fully saturated rings. The number of nitrogens with zero attached hydrogens (tertiary/aromatic N) is 4. The van der Waals surface area contributed by atoms with Gasteiger partial charge in [0, 0.05) is 45.1 Å². The molecule has 0 unspecified atom stereocenters. The number of likely N-dealkylation sites (tertiary alicyclic amines) is 1. The van der Waals surface area contributed by atoms with Gasteiger partial charge in [0.05, 0.1) is 7.11 Å². The number of piperidine rings is 1. The van der Waals surface area contributed by atoms with Crippen LogP contribution in [0.2, 0.25) is 0 Å². The van der Waals surface area contributed by atoms with Gasteiger partial charge in [-0.25, -0.2) is 9.18 Å². The van der Waals surface area contributed by atoms with Crippen LogP contribution in [0.1, 0.15) is 44.2 Å². The zero-order valence-electron chi connectivity index (χ0n) is 20.9. The minimum atomic E-state index is -0.771. The number of ether oxygens (including phenoxy) is 1. The molecule has 188 valence electrons. The van der Waals surface area contributed by atoms with Gasteiger partial charge < -0.3 is 9.64 Å². The molecule has 2 aromatic rings. The van der Waals surface area contributed by atoms with Crippen molar-refractivity contribution in [1.29, 1.82) is 0 Å². The van der Waals surface area contributed by atoms with Gasteiger partial charge in [-0.1, -0.05) is 26.0 Å². The molecular weight excluding hydrogens is 447 g/mol. The van der Waals surface area contributed by atoms with E-state index in [2.05, 4.69) is 23.7 Å². The summed E-state index contributed by atoms with van der Waals surface area (Å²) < 4.78 is 18.9. The van der Waals surface area contributed by atoms with E-state index in [9.17, 15) is 14.0 Å². The third-order valence-electron chi connectivity index (χ3n) is 7.04. The van der Waals surface area contributed by atoms with Crippen LogP contribution in [0, 0.1) is 11.7 Å². The highest BCUT2D eigenvalue weighted by Crippen LogP contribution is 2.38. The van der Waals surface area contributed by atoms with E-state index in [1.807, 2.05) is 23.2 Å². The van der Waals surface area contributed by atoms with Gasteiger partial charge in [-0.3, -0.25) is 19.6 Å². The summed E-state index contributed by atoms with van der Waals surface area (Å²) in [5, 5.41) is 0. The standard InChI is InChI=1S/C27H35FN4O3/c1-20(2)18-32-26(34)31(13-5-7-21-6-4-12-29-17-21)25(33)27(32)10-14-30(15-11-27)19-22-8-9-23(28)24(16-22)35-3/h4,6,8-9,12,16-17,20H,5,7,10-11,13-15,18-19H2,1-3H3. The summed E-state index contributed by atoms with van der Waals surface area (Å²) in [5.74, 6) is 0.0653. The van der Waals surface area contributed by atoms with Crippen LogP contribution in [-0.2, 0) is 17.8 Å². The van der Waals surface area contributed by atoms with Crippen molar-refractivity contribution in [2.45, 2.75) is 51.6 Å². The number of hydrogen-bond acceptors (Lipinski definition) is 5. The number of hydrogen-bond donors (Lipinski definition) is 0. The van der Waals surface area contributed by atoms with Gasteiger partial charge in [-0.2, -0.15) is 0 Å². The maximum atomic E-state index is 13.8. The fraction of sp³-hybridized carbons (Fsp3) is 0.519. The van der Waals surface area contributed by atoms with E-state index in [-0.39, 0.29) is 29.4 Å². The third kappa shape index (κ3) is 5.32. The Hall–Kier alpha value is -3.00. The lowest BCUT2D eigenvalue weighted by atomic mass is 9.85. The predicted octanol–water partition coefficient (Wildman–Crippen LogP) is 4.12. The van der Waals surface area contributed by atoms with Crippen molar-refractivity contribution in [2.24, 2.45) is 5.92 Å². The molecule has 0 N–H and O–H groups in total. The average molecular weight is 483 g/mol. The maximum Gasteiger partial charge on any atom is 0.327 e. The lowest BCUT2D eigenvalue weighted by Gasteiger charge is -2.42. The fourth-order valence-corrected chi connectivity index (χ4v) is 5.21. The molecule has 2 aliphatic heterocycles. The van der Waals surface area contributed by atoms with E-state index < -0.39 is 5.54 Å². The third-order valence-corrected chi connectivity index (χ3v) is 7.04. The Morgan fingerprint density at radius 1 is 1.14 bits per heavy atom. The lowest BCUT2D eigenvalue weighted by Crippen LogP contribution is -2.57. The number of methoxy groups -OCH3 is 1. The summed E-state index contributed by atoms with van der Waals surface area (Å²) in [6, 6.07) is 8.66. The summed E-state index contributed by atoms with van der Waals surface area (Å²) >= 11 is 0. The minimum Gasteiger partial charge on any atom is -0.494 e. The van der Waals surface area contributed by atoms with Gasteiger partial charge in [0.15, 0.2) is 11.6 Å². The Labute approximate surface area is 206 Å². The monoisotopic (exact) mass is 482 g/mol. The van der Waals surface area contributed by atoms with E-state index in [0.717, 1.165) is 17.5 Å². The Morgan fingerprint density at radius 3 is 2.57 bits per heavy atom. The number of rotatable bonds is 9. The molecule has 7 nitrogen and oxygen atoms in total. The Bertz CT molecular complexity index is 1040. The van der Waals surface area contributed by atoms with Crippen molar-refractivity contribution in [1.82, 2.24) is 19.7 Å². The molecule has 1 spiro atoms. The van der Waals surface area contributed by atoms with Gasteiger partial charge in [0.2, 0.25) is 0 Å². The molecule has 0 radical (unpaired) electrons. The van der Waals surface area contributed by atoms with E-state index in [1.165, 1.54) is 18.1 Å². The lowest BCUT2D eigenvalue weighted by molar-refractivity contribution is -0.135. The van der Waals surface area contributed by atoms with Gasteiger partial charge in [0.25, 0.3) is 5.91 Å². The van der Waals surface area contributed by atoms with Gasteiger partial charge in [0.1, 0.15) is 5.54 Å². The molecule has 4 rings (SSSR count). The smallest absolute Gasteiger partial charge is 0.327 e. The quantitative estimate of drug-likeness (QED) is 0.503. The largest absolute Gasteiger partial charge is 0.494 e. The van der Waals surface area contributed by atoms with Crippen molar-refractivity contribution in [3.8, 4) is 5.75 Å². The summed E-state index contributed by atoms with van der Waals surface area (Å²) in [5.41, 5.74) is 1.29. The number of benzene rings is 1. The second-order valence-corrected chi connectivity index (χ2v) is 9.99. The highest BCUT2D eigenvalue weighted by Gasteiger charge is 2.57. The first-order valence-electron chi connectivity index (χ1n) is 12.4. The first kappa shape index (κ1) is 25.1. The fourth-order valence-electron chi connectivity index (χ4n) is 5.21. The van der Waals surface area contributed by atoms with Crippen molar-refractivity contribution < 1.29 is 18.7 Å². The summed E-state index contributed by atoms with van der Waals surface area (Å²) in [4.78, 5) is 36.8. The van der Waals surface area contributed by atoms with Crippen LogP contribution < -0.4 is 4.74 Å². The second-order valence-electron chi connectivity index (χ2n) is 9.99. The molecule has 8 heteroatoms. The van der Waals surface area contributed by atoms with Crippen LogP contribution in [0.25, 0.3) is 0 Å². The number of carbonyl (C=O) groups excluding carboxylic acids is 2. The Balaban J connectivity index is 1.43. The highest BCUT2D eigenvalue weighted by atomic mass is 19.1. The van der Waals surface area contributed by atoms with Crippen molar-refractivity contribution in [3.05, 3.63) is 59.7 Å². The Morgan fingerprint density at radius 2 is 1.91 bits per heavy atom. The van der Waals surface area contributed by atoms with Gasteiger partial charge in [-0.15, -0.1) is 0 Å². The van der Waals surface area contributed by atoms with E-state index in [0.29, 0.717) is 52.0 Å². The van der Waals surface area contributed by atoms with E-state index in [4.69, 9.17) is 4.74 Å². The average Bonchev–Trinajstić information content (AvgIpc) is 3.03. The maximum absolute atomic E-state index is 13.8. The normalized spacial score (nSPS) is 18.2. The highest BCUT2D eigenvalue weighted by molar-refractivity contribution is 6.07. The number of aryl methyl sites for hydroxylation is 1. The molecule has 0 aliphatic carbocycles. The molecule has 2 saturated heterocycles. The molecule has 3 heterocycles. The SMILES string of the molecule is COc1cc(CN2CCC3(CC2)C(=O)N(CCCc2cccnc2)C(=O)N3CC(C)C)ccc1F. The first-order chi connectivity index (χ1) is 16.8. The number of pyridine rings is 1. The van der Waals surface area contributed by atoms with Crippen molar-refractivity contribution in [3.63, 3.8) is 0 Å². The Kier molecular flexibility index (Phi) is 7.69. The zero-order valence-corrected chi connectivity index (χ0v) is 20.9. The summed E-state index contributed by atoms with van der Waals surface area (Å²) in [6.45, 7) is 7.17. The van der Waals surface area contributed by atoms with E-state index in [1.54, 1.807) is 18.3 Å². The first-order valence-corrected chi connectivity index (χ1v) is 12.4. The molecular formula is C27H35FN4O3. The molecule has 0 saturated carbocycles. The minimum absolute atomic E-state index is 0.0579. The van der Waals surface area contributed by atoms with Crippen molar-refractivity contribution >= 4 is 11.9 Å². The number of amides is 3. The van der Waals surface area contributed by atoms with Crippen molar-refractivity contribution in [2.75, 3.05) is 33.3 Å². The molecule has 2 aliphatic rings. The molecule has 35 heavy (non-hydrogen) atoms. The van der Waals surface area contributed by atoms with Crippen LogP contribution >= 0.6 is 0 Å². The van der Waals surface area contributed by atoms with Crippen LogP contribution in [0.15, 0.2) is 42.7 Å². The van der Waals surface area contributed by atoms with Crippen LogP contribution in [0.4, 0.5) is 9.18 Å². The molecule has 0 bridgehead atoms. The number of halogens is 1. The number of aromatic nitrogens is 1. The zero-order chi connectivity index (χ0) is 25.0. The second kappa shape index (κ2) is 10.7. The van der Waals surface area contributed by atoms with Crippen LogP contribution in [0.3, 0.4) is 0 Å². The van der Waals surface area contributed by atoms with Crippen LogP contribution in [0.5, 0.6) is 5.75 Å². The van der Waals surface area contributed by atoms with E-state index >= 15 is 0 Å². The molecule has 0 atom stereocenters. The number of imide groups is 1. The number of urea groups is 1. The number of carbonyl (C=O) groups is 2. The van der Waals surface area contributed by atoms with Gasteiger partial charge >= 0.3 is 6.03 Å².